The van der Waals surface area contributed by atoms with Crippen LogP contribution in [0.3, 0.4) is 0 Å². The van der Waals surface area contributed by atoms with Crippen molar-refractivity contribution in [2.45, 2.75) is 25.3 Å². The quantitative estimate of drug-likeness (QED) is 0.799. The predicted octanol–water partition coefficient (Wildman–Crippen LogP) is 4.40. The summed E-state index contributed by atoms with van der Waals surface area (Å²) < 4.78 is 1.83. The normalized spacial score (nSPS) is 22.4. The predicted molar refractivity (Wildman–Crippen MR) is 107 cm³/mol. The van der Waals surface area contributed by atoms with Gasteiger partial charge >= 0.3 is 0 Å². The molecule has 0 aliphatic carbocycles. The van der Waals surface area contributed by atoms with Crippen molar-refractivity contribution in [1.82, 2.24) is 14.7 Å². The number of aromatic nitrogens is 2. The molecule has 2 aliphatic heterocycles. The lowest BCUT2D eigenvalue weighted by Crippen LogP contribution is -2.39. The minimum atomic E-state index is -0.346. The molecule has 1 aromatic heterocycles. The van der Waals surface area contributed by atoms with Gasteiger partial charge in [-0.2, -0.15) is 5.10 Å². The number of allylic oxidation sites excluding steroid dienone is 1. The highest BCUT2D eigenvalue weighted by Gasteiger charge is 2.37. The van der Waals surface area contributed by atoms with Gasteiger partial charge in [-0.3, -0.25) is 4.79 Å². The van der Waals surface area contributed by atoms with E-state index in [0.29, 0.717) is 15.6 Å². The van der Waals surface area contributed by atoms with E-state index in [0.717, 1.165) is 29.4 Å². The molecular weight excluding hydrogens is 391 g/mol. The number of hydrogen-bond acceptors (Lipinski definition) is 4. The largest absolute Gasteiger partial charge is 0.344 e. The summed E-state index contributed by atoms with van der Waals surface area (Å²) in [6, 6.07) is 7.02. The molecular formula is C18H18Cl2N4OS. The number of halogens is 2. The maximum atomic E-state index is 13.4. The third-order valence-corrected chi connectivity index (χ3v) is 6.68. The summed E-state index contributed by atoms with van der Waals surface area (Å²) in [4.78, 5) is 15.3. The average Bonchev–Trinajstić information content (AvgIpc) is 3.24. The van der Waals surface area contributed by atoms with Gasteiger partial charge in [-0.1, -0.05) is 29.3 Å². The molecule has 1 fully saturated rings. The van der Waals surface area contributed by atoms with Crippen molar-refractivity contribution in [3.63, 3.8) is 0 Å². The highest BCUT2D eigenvalue weighted by atomic mass is 35.5. The molecule has 0 spiro atoms. The lowest BCUT2D eigenvalue weighted by Gasteiger charge is -2.32. The van der Waals surface area contributed by atoms with Crippen LogP contribution in [0.1, 0.15) is 25.5 Å². The van der Waals surface area contributed by atoms with Crippen LogP contribution in [0.5, 0.6) is 0 Å². The van der Waals surface area contributed by atoms with E-state index < -0.39 is 0 Å². The molecule has 2 atom stereocenters. The molecule has 26 heavy (non-hydrogen) atoms. The van der Waals surface area contributed by atoms with Crippen molar-refractivity contribution >= 4 is 46.7 Å². The van der Waals surface area contributed by atoms with Crippen LogP contribution >= 0.6 is 35.0 Å². The van der Waals surface area contributed by atoms with Crippen LogP contribution in [0, 0.1) is 0 Å². The van der Waals surface area contributed by atoms with Gasteiger partial charge in [-0.15, -0.1) is 11.8 Å². The number of thioether (sulfide) groups is 1. The topological polar surface area (TPSA) is 50.2 Å². The molecule has 2 aromatic rings. The molecule has 1 saturated heterocycles. The Morgan fingerprint density at radius 3 is 2.81 bits per heavy atom. The third-order valence-electron chi connectivity index (χ3n) is 4.79. The minimum Gasteiger partial charge on any atom is -0.344 e. The van der Waals surface area contributed by atoms with Crippen LogP contribution in [0.4, 0.5) is 5.82 Å². The Bertz CT molecular complexity index is 910. The number of fused-ring (bicyclic) bond motifs is 1. The van der Waals surface area contributed by atoms with Gasteiger partial charge in [0.2, 0.25) is 0 Å². The van der Waals surface area contributed by atoms with E-state index in [1.165, 1.54) is 0 Å². The van der Waals surface area contributed by atoms with Gasteiger partial charge in [-0.05, 0) is 31.5 Å². The van der Waals surface area contributed by atoms with Crippen molar-refractivity contribution in [2.24, 2.45) is 0 Å². The highest BCUT2D eigenvalue weighted by molar-refractivity contribution is 8.00. The zero-order chi connectivity index (χ0) is 18.4. The standard InChI is InChI=1S/C18H18Cl2N4OS/c1-10-16(18(25)23-7-8-26-11(23)2)17(24-15(22-10)5-6-21-24)12-3-4-13(19)14(20)9-12/h3-6,9,11,17,22H,7-8H2,1-2H3. The molecule has 3 heterocycles. The first kappa shape index (κ1) is 17.8. The van der Waals surface area contributed by atoms with Crippen molar-refractivity contribution < 1.29 is 4.79 Å². The van der Waals surface area contributed by atoms with Gasteiger partial charge in [0.05, 0.1) is 27.2 Å². The second kappa shape index (κ2) is 6.83. The van der Waals surface area contributed by atoms with E-state index in [9.17, 15) is 4.79 Å². The number of nitrogens with zero attached hydrogens (tertiary/aromatic N) is 3. The Balaban J connectivity index is 1.84. The number of amides is 1. The van der Waals surface area contributed by atoms with Crippen LogP contribution in [0.2, 0.25) is 10.0 Å². The molecule has 8 heteroatoms. The average molecular weight is 409 g/mol. The smallest absolute Gasteiger partial charge is 0.254 e. The molecule has 136 valence electrons. The van der Waals surface area contributed by atoms with Crippen molar-refractivity contribution in [3.8, 4) is 0 Å². The fourth-order valence-electron chi connectivity index (χ4n) is 3.49. The number of benzene rings is 1. The fraction of sp³-hybridized carbons (Fsp3) is 0.333. The first-order valence-electron chi connectivity index (χ1n) is 8.36. The SMILES string of the molecule is CC1=C(C(=O)N2CCSC2C)C(c2ccc(Cl)c(Cl)c2)n2nccc2N1. The summed E-state index contributed by atoms with van der Waals surface area (Å²) in [6.45, 7) is 4.75. The number of rotatable bonds is 2. The van der Waals surface area contributed by atoms with E-state index >= 15 is 0 Å². The second-order valence-corrected chi connectivity index (χ2v) is 8.61. The lowest BCUT2D eigenvalue weighted by atomic mass is 9.94. The van der Waals surface area contributed by atoms with E-state index in [1.54, 1.807) is 24.0 Å². The van der Waals surface area contributed by atoms with E-state index in [2.05, 4.69) is 17.3 Å². The number of anilines is 1. The number of nitrogens with one attached hydrogen (secondary N) is 1. The summed E-state index contributed by atoms with van der Waals surface area (Å²) in [5.41, 5.74) is 2.41. The summed E-state index contributed by atoms with van der Waals surface area (Å²) >= 11 is 14.1. The molecule has 0 saturated carbocycles. The van der Waals surface area contributed by atoms with Gasteiger partial charge in [-0.25, -0.2) is 4.68 Å². The van der Waals surface area contributed by atoms with Crippen molar-refractivity contribution in [2.75, 3.05) is 17.6 Å². The first-order valence-corrected chi connectivity index (χ1v) is 10.2. The Morgan fingerprint density at radius 2 is 2.12 bits per heavy atom. The molecule has 1 amide bonds. The fourth-order valence-corrected chi connectivity index (χ4v) is 4.82. The number of carbonyl (C=O) groups excluding carboxylic acids is 1. The van der Waals surface area contributed by atoms with Crippen molar-refractivity contribution in [1.29, 1.82) is 0 Å². The van der Waals surface area contributed by atoms with Crippen LogP contribution < -0.4 is 5.32 Å². The minimum absolute atomic E-state index is 0.0322. The van der Waals surface area contributed by atoms with Crippen LogP contribution in [0.25, 0.3) is 0 Å². The summed E-state index contributed by atoms with van der Waals surface area (Å²) in [5.74, 6) is 1.83. The van der Waals surface area contributed by atoms with E-state index in [-0.39, 0.29) is 17.3 Å². The molecule has 2 aliphatic rings. The molecule has 0 radical (unpaired) electrons. The van der Waals surface area contributed by atoms with Gasteiger partial charge < -0.3 is 10.2 Å². The Morgan fingerprint density at radius 1 is 1.31 bits per heavy atom. The van der Waals surface area contributed by atoms with Crippen LogP contribution in [-0.2, 0) is 4.79 Å². The zero-order valence-corrected chi connectivity index (χ0v) is 16.7. The molecule has 0 bridgehead atoms. The molecule has 1 N–H and O–H groups in total. The van der Waals surface area contributed by atoms with Gasteiger partial charge in [0, 0.05) is 24.1 Å². The lowest BCUT2D eigenvalue weighted by molar-refractivity contribution is -0.127. The first-order chi connectivity index (χ1) is 12.5. The second-order valence-electron chi connectivity index (χ2n) is 6.37. The third kappa shape index (κ3) is 2.90. The highest BCUT2D eigenvalue weighted by Crippen LogP contribution is 2.39. The van der Waals surface area contributed by atoms with E-state index in [1.807, 2.05) is 34.7 Å². The summed E-state index contributed by atoms with van der Waals surface area (Å²) in [7, 11) is 0. The van der Waals surface area contributed by atoms with Crippen LogP contribution in [-0.4, -0.2) is 38.3 Å². The molecule has 2 unspecified atom stereocenters. The summed E-state index contributed by atoms with van der Waals surface area (Å²) in [5, 5.41) is 8.87. The maximum absolute atomic E-state index is 13.4. The zero-order valence-electron chi connectivity index (χ0n) is 14.4. The van der Waals surface area contributed by atoms with Gasteiger partial charge in [0.15, 0.2) is 0 Å². The van der Waals surface area contributed by atoms with E-state index in [4.69, 9.17) is 23.2 Å². The monoisotopic (exact) mass is 408 g/mol. The van der Waals surface area contributed by atoms with Gasteiger partial charge in [0.1, 0.15) is 11.9 Å². The van der Waals surface area contributed by atoms with Gasteiger partial charge in [0.25, 0.3) is 5.91 Å². The van der Waals surface area contributed by atoms with Crippen molar-refractivity contribution in [3.05, 3.63) is 57.3 Å². The van der Waals surface area contributed by atoms with Crippen LogP contribution in [0.15, 0.2) is 41.7 Å². The maximum Gasteiger partial charge on any atom is 0.254 e. The molecule has 5 nitrogen and oxygen atoms in total. The summed E-state index contributed by atoms with van der Waals surface area (Å²) in [6.07, 6.45) is 1.72. The number of hydrogen-bond donors (Lipinski definition) is 1. The molecule has 4 rings (SSSR count). The Labute approximate surface area is 166 Å². The molecule has 1 aromatic carbocycles. The number of carbonyl (C=O) groups is 1. The Hall–Kier alpha value is -1.63. The Kier molecular flexibility index (Phi) is 4.67.